The number of phenolic OH excluding ortho intramolecular Hbond substituents is 2. The summed E-state index contributed by atoms with van der Waals surface area (Å²) in [6.07, 6.45) is -4.98. The van der Waals surface area contributed by atoms with Crippen LogP contribution in [-0.2, 0) is 20.7 Å². The molecule has 5 rings (SSSR count). The van der Waals surface area contributed by atoms with Gasteiger partial charge in [-0.1, -0.05) is 12.1 Å². The van der Waals surface area contributed by atoms with Crippen molar-refractivity contribution in [2.24, 2.45) is 11.5 Å². The molecule has 1 aliphatic heterocycles. The van der Waals surface area contributed by atoms with E-state index in [1.165, 1.54) is 25.3 Å². The highest BCUT2D eigenvalue weighted by molar-refractivity contribution is 6.31. The summed E-state index contributed by atoms with van der Waals surface area (Å²) in [5.41, 5.74) is 7.96. The Morgan fingerprint density at radius 2 is 1.82 bits per heavy atom. The number of benzene rings is 2. The molecule has 2 aromatic rings. The minimum atomic E-state index is -2.22. The first-order valence-corrected chi connectivity index (χ1v) is 12.0. The van der Waals surface area contributed by atoms with Gasteiger partial charge in [-0.25, -0.2) is 0 Å². The lowest BCUT2D eigenvalue weighted by atomic mass is 9.72. The summed E-state index contributed by atoms with van der Waals surface area (Å²) < 4.78 is 17.0. The fourth-order valence-corrected chi connectivity index (χ4v) is 5.58. The molecule has 0 aromatic heterocycles. The number of aliphatic hydroxyl groups excluding tert-OH is 1. The van der Waals surface area contributed by atoms with E-state index < -0.39 is 89.2 Å². The van der Waals surface area contributed by atoms with Gasteiger partial charge in [0.1, 0.15) is 22.8 Å². The molecule has 0 saturated carbocycles. The molecule has 202 valence electrons. The minimum Gasteiger partial charge on any atom is -0.507 e. The molecule has 0 spiro atoms. The monoisotopic (exact) mass is 528 g/mol. The van der Waals surface area contributed by atoms with Crippen LogP contribution in [0, 0.1) is 0 Å². The van der Waals surface area contributed by atoms with Crippen LogP contribution in [0.4, 0.5) is 0 Å². The summed E-state index contributed by atoms with van der Waals surface area (Å²) in [5, 5.41) is 43.9. The lowest BCUT2D eigenvalue weighted by Gasteiger charge is -2.41. The molecule has 3 aliphatic rings. The van der Waals surface area contributed by atoms with Crippen LogP contribution in [0.25, 0.3) is 0 Å². The molecule has 1 amide bonds. The Balaban J connectivity index is 1.68. The lowest BCUT2D eigenvalue weighted by Crippen LogP contribution is -2.53. The van der Waals surface area contributed by atoms with Crippen molar-refractivity contribution in [1.82, 2.24) is 0 Å². The number of carbonyl (C=O) groups is 3. The molecule has 1 saturated heterocycles. The second-order valence-electron chi connectivity index (χ2n) is 9.94. The quantitative estimate of drug-likeness (QED) is 0.247. The van der Waals surface area contributed by atoms with E-state index in [0.29, 0.717) is 0 Å². The van der Waals surface area contributed by atoms with Crippen LogP contribution in [0.5, 0.6) is 17.2 Å². The van der Waals surface area contributed by atoms with E-state index in [1.54, 1.807) is 6.92 Å². The van der Waals surface area contributed by atoms with E-state index in [4.69, 9.17) is 25.7 Å². The van der Waals surface area contributed by atoms with Gasteiger partial charge in [0.25, 0.3) is 0 Å². The number of hydrogen-bond acceptors (Lipinski definition) is 11. The lowest BCUT2D eigenvalue weighted by molar-refractivity contribution is -0.247. The third-order valence-corrected chi connectivity index (χ3v) is 7.60. The molecule has 12 heteroatoms. The van der Waals surface area contributed by atoms with Crippen LogP contribution in [-0.4, -0.2) is 75.2 Å². The molecule has 0 radical (unpaired) electrons. The number of aliphatic hydroxyl groups is 2. The van der Waals surface area contributed by atoms with E-state index in [1.807, 2.05) is 0 Å². The normalized spacial score (nSPS) is 30.3. The van der Waals surface area contributed by atoms with Gasteiger partial charge >= 0.3 is 0 Å². The smallest absolute Gasteiger partial charge is 0.249 e. The second kappa shape index (κ2) is 9.03. The molecule has 0 unspecified atom stereocenters. The number of methoxy groups -OCH3 is 1. The van der Waals surface area contributed by atoms with Crippen LogP contribution in [0.2, 0.25) is 0 Å². The molecule has 8 N–H and O–H groups in total. The average molecular weight is 529 g/mol. The van der Waals surface area contributed by atoms with E-state index in [9.17, 15) is 34.8 Å². The van der Waals surface area contributed by atoms with Crippen molar-refractivity contribution >= 4 is 17.5 Å². The zero-order valence-corrected chi connectivity index (χ0v) is 20.6. The number of nitrogens with two attached hydrogens (primary N) is 2. The van der Waals surface area contributed by atoms with Gasteiger partial charge in [-0.3, -0.25) is 14.4 Å². The Kier molecular flexibility index (Phi) is 6.20. The molecule has 1 fully saturated rings. The molecular formula is C26H28N2O10. The summed E-state index contributed by atoms with van der Waals surface area (Å²) in [6, 6.07) is 3.67. The number of amides is 1. The van der Waals surface area contributed by atoms with Crippen molar-refractivity contribution < 1.29 is 49.0 Å². The van der Waals surface area contributed by atoms with Crippen molar-refractivity contribution in [2.45, 2.75) is 62.4 Å². The second-order valence-corrected chi connectivity index (χ2v) is 9.94. The summed E-state index contributed by atoms with van der Waals surface area (Å²) in [7, 11) is 1.33. The first kappa shape index (κ1) is 26.1. The molecule has 1 heterocycles. The third kappa shape index (κ3) is 3.76. The number of hydrogen-bond donors (Lipinski definition) is 6. The van der Waals surface area contributed by atoms with E-state index >= 15 is 0 Å². The van der Waals surface area contributed by atoms with Gasteiger partial charge in [0.15, 0.2) is 12.1 Å². The Bertz CT molecular complexity index is 1360. The Labute approximate surface area is 216 Å². The van der Waals surface area contributed by atoms with Crippen LogP contribution >= 0.6 is 0 Å². The molecule has 2 aliphatic carbocycles. The zero-order chi connectivity index (χ0) is 27.7. The van der Waals surface area contributed by atoms with E-state index in [0.717, 1.165) is 0 Å². The first-order chi connectivity index (χ1) is 17.9. The maximum atomic E-state index is 13.6. The van der Waals surface area contributed by atoms with Gasteiger partial charge in [0.05, 0.1) is 42.1 Å². The highest BCUT2D eigenvalue weighted by atomic mass is 16.7. The fraction of sp³-hybridized carbons (Fsp3) is 0.423. The summed E-state index contributed by atoms with van der Waals surface area (Å²) in [4.78, 5) is 39.3. The standard InChI is InChI=1S/C26H28N2O10/c1-9-20(29)12(27)6-15(37-9)38-14-8-26(35,25(28)34)7-11-17(14)24(33)19-18(22(11)31)21(30)10-4-3-5-13(36-2)16(10)23(19)32/h3-5,9,12,14-15,20,29,31,33,35H,6-8,27H2,1-2H3,(H2,28,34)/t9-,12-,14-,15-,20+,26-/m0/s1. The van der Waals surface area contributed by atoms with Gasteiger partial charge in [0.2, 0.25) is 11.7 Å². The molecule has 6 atom stereocenters. The predicted molar refractivity (Wildman–Crippen MR) is 129 cm³/mol. The summed E-state index contributed by atoms with van der Waals surface area (Å²) >= 11 is 0. The molecule has 12 nitrogen and oxygen atoms in total. The van der Waals surface area contributed by atoms with Crippen molar-refractivity contribution in [3.8, 4) is 17.2 Å². The number of ether oxygens (including phenoxy) is 3. The number of rotatable bonds is 4. The molecule has 38 heavy (non-hydrogen) atoms. The topological polar surface area (TPSA) is 212 Å². The largest absolute Gasteiger partial charge is 0.507 e. The molecular weight excluding hydrogens is 500 g/mol. The van der Waals surface area contributed by atoms with Gasteiger partial charge in [-0.05, 0) is 13.0 Å². The molecule has 0 bridgehead atoms. The maximum absolute atomic E-state index is 13.6. The number of aromatic hydroxyl groups is 2. The Morgan fingerprint density at radius 3 is 2.45 bits per heavy atom. The van der Waals surface area contributed by atoms with Crippen molar-refractivity contribution in [1.29, 1.82) is 0 Å². The Hall–Kier alpha value is -3.55. The van der Waals surface area contributed by atoms with Crippen molar-refractivity contribution in [2.75, 3.05) is 7.11 Å². The maximum Gasteiger partial charge on any atom is 0.249 e. The Morgan fingerprint density at radius 1 is 1.13 bits per heavy atom. The van der Waals surface area contributed by atoms with Crippen molar-refractivity contribution in [3.05, 3.63) is 51.6 Å². The summed E-state index contributed by atoms with van der Waals surface area (Å²) in [5.74, 6) is -3.85. The van der Waals surface area contributed by atoms with Crippen LogP contribution in [0.1, 0.15) is 68.8 Å². The average Bonchev–Trinajstić information content (AvgIpc) is 2.87. The minimum absolute atomic E-state index is 0.0337. The van der Waals surface area contributed by atoms with Gasteiger partial charge in [0, 0.05) is 42.0 Å². The van der Waals surface area contributed by atoms with E-state index in [2.05, 4.69) is 0 Å². The molecule has 2 aromatic carbocycles. The predicted octanol–water partition coefficient (Wildman–Crippen LogP) is -0.0748. The van der Waals surface area contributed by atoms with Gasteiger partial charge in [-0.2, -0.15) is 0 Å². The SMILES string of the molecule is COc1cccc2c1C(=O)c1c(O)c3c(c(O)c1C2=O)C[C@@](O)(C(N)=O)C[C@@H]3O[C@H]1C[C@H](N)[C@H](O)[C@H](C)O1. The zero-order valence-electron chi connectivity index (χ0n) is 20.6. The number of carbonyl (C=O) groups excluding carboxylic acids is 3. The number of fused-ring (bicyclic) bond motifs is 3. The number of primary amides is 1. The van der Waals surface area contributed by atoms with Crippen molar-refractivity contribution in [3.63, 3.8) is 0 Å². The van der Waals surface area contributed by atoms with E-state index in [-0.39, 0.29) is 34.4 Å². The first-order valence-electron chi connectivity index (χ1n) is 12.0. The van der Waals surface area contributed by atoms with Gasteiger partial charge in [-0.15, -0.1) is 0 Å². The highest BCUT2D eigenvalue weighted by Crippen LogP contribution is 2.52. The van der Waals surface area contributed by atoms with Crippen LogP contribution in [0.3, 0.4) is 0 Å². The van der Waals surface area contributed by atoms with Crippen LogP contribution in [0.15, 0.2) is 18.2 Å². The number of phenols is 2. The third-order valence-electron chi connectivity index (χ3n) is 7.60. The fourth-order valence-electron chi connectivity index (χ4n) is 5.58. The summed E-state index contributed by atoms with van der Waals surface area (Å²) in [6.45, 7) is 1.59. The highest BCUT2D eigenvalue weighted by Gasteiger charge is 2.50. The van der Waals surface area contributed by atoms with Gasteiger partial charge < -0.3 is 46.1 Å². The van der Waals surface area contributed by atoms with Crippen LogP contribution < -0.4 is 16.2 Å². The number of ketones is 2.